The first-order chi connectivity index (χ1) is 12.5. The second kappa shape index (κ2) is 9.65. The van der Waals surface area contributed by atoms with Crippen LogP contribution in [0.4, 0.5) is 0 Å². The summed E-state index contributed by atoms with van der Waals surface area (Å²) >= 11 is 0. The molecular formula is C18H25N3O5. The van der Waals surface area contributed by atoms with Crippen LogP contribution in [-0.2, 0) is 9.59 Å². The molecule has 8 nitrogen and oxygen atoms in total. The Labute approximate surface area is 152 Å². The normalized spacial score (nSPS) is 12.8. The van der Waals surface area contributed by atoms with Gasteiger partial charge >= 0.3 is 0 Å². The third kappa shape index (κ3) is 6.27. The molecule has 8 heteroatoms. The minimum Gasteiger partial charge on any atom is -0.490 e. The van der Waals surface area contributed by atoms with Gasteiger partial charge in [-0.2, -0.15) is 0 Å². The summed E-state index contributed by atoms with van der Waals surface area (Å²) in [5.41, 5.74) is 0.358. The molecule has 0 aliphatic heterocycles. The van der Waals surface area contributed by atoms with Crippen LogP contribution in [0, 0.1) is 0 Å². The number of hydrogen-bond acceptors (Lipinski definition) is 5. The highest BCUT2D eigenvalue weighted by molar-refractivity contribution is 5.97. The Morgan fingerprint density at radius 2 is 1.62 bits per heavy atom. The fourth-order valence-corrected chi connectivity index (χ4v) is 2.20. The average molecular weight is 363 g/mol. The van der Waals surface area contributed by atoms with Crippen LogP contribution < -0.4 is 25.4 Å². The summed E-state index contributed by atoms with van der Waals surface area (Å²) in [5.74, 6) is -0.0274. The molecular weight excluding hydrogens is 338 g/mol. The van der Waals surface area contributed by atoms with Gasteiger partial charge < -0.3 is 25.4 Å². The third-order valence-corrected chi connectivity index (χ3v) is 3.60. The van der Waals surface area contributed by atoms with E-state index in [0.717, 1.165) is 12.8 Å². The Hall–Kier alpha value is -2.77. The van der Waals surface area contributed by atoms with Gasteiger partial charge in [-0.25, -0.2) is 0 Å². The van der Waals surface area contributed by atoms with Gasteiger partial charge in [0, 0.05) is 11.6 Å². The molecule has 0 heterocycles. The van der Waals surface area contributed by atoms with Crippen molar-refractivity contribution in [3.05, 3.63) is 23.8 Å². The van der Waals surface area contributed by atoms with Crippen molar-refractivity contribution in [1.29, 1.82) is 0 Å². The molecule has 1 aliphatic carbocycles. The highest BCUT2D eigenvalue weighted by Gasteiger charge is 2.23. The number of hydrogen-bond donors (Lipinski definition) is 3. The zero-order valence-corrected chi connectivity index (χ0v) is 15.1. The standard InChI is InChI=1S/C18H25N3O5/c1-3-25-14-8-5-12(9-15(14)26-4-2)18(24)20-10-16(22)19-11-17(23)21-13-6-7-13/h5,8-9,13H,3-4,6-7,10-11H2,1-2H3,(H,19,22)(H,20,24)(H,21,23). The zero-order chi connectivity index (χ0) is 18.9. The number of benzene rings is 1. The average Bonchev–Trinajstić information content (AvgIpc) is 3.43. The maximum atomic E-state index is 12.2. The van der Waals surface area contributed by atoms with Gasteiger partial charge in [0.2, 0.25) is 11.8 Å². The highest BCUT2D eigenvalue weighted by atomic mass is 16.5. The van der Waals surface area contributed by atoms with Gasteiger partial charge in [0.25, 0.3) is 5.91 Å². The summed E-state index contributed by atoms with van der Waals surface area (Å²) < 4.78 is 10.9. The van der Waals surface area contributed by atoms with Crippen LogP contribution in [0.25, 0.3) is 0 Å². The first-order valence-electron chi connectivity index (χ1n) is 8.77. The lowest BCUT2D eigenvalue weighted by molar-refractivity contribution is -0.125. The van der Waals surface area contributed by atoms with Crippen LogP contribution in [0.2, 0.25) is 0 Å². The Morgan fingerprint density at radius 3 is 2.27 bits per heavy atom. The number of amides is 3. The van der Waals surface area contributed by atoms with Gasteiger partial charge in [-0.05, 0) is 44.9 Å². The van der Waals surface area contributed by atoms with Crippen LogP contribution in [-0.4, -0.2) is 50.1 Å². The molecule has 0 bridgehead atoms. The van der Waals surface area contributed by atoms with E-state index in [2.05, 4.69) is 16.0 Å². The number of rotatable bonds is 10. The van der Waals surface area contributed by atoms with Gasteiger partial charge in [-0.15, -0.1) is 0 Å². The van der Waals surface area contributed by atoms with Gasteiger partial charge in [0.15, 0.2) is 11.5 Å². The predicted molar refractivity (Wildman–Crippen MR) is 95.3 cm³/mol. The van der Waals surface area contributed by atoms with Crippen LogP contribution in [0.5, 0.6) is 11.5 Å². The van der Waals surface area contributed by atoms with Crippen molar-refractivity contribution in [3.63, 3.8) is 0 Å². The molecule has 0 spiro atoms. The van der Waals surface area contributed by atoms with E-state index >= 15 is 0 Å². The molecule has 142 valence electrons. The lowest BCUT2D eigenvalue weighted by atomic mass is 10.2. The zero-order valence-electron chi connectivity index (χ0n) is 15.1. The largest absolute Gasteiger partial charge is 0.490 e. The summed E-state index contributed by atoms with van der Waals surface area (Å²) in [7, 11) is 0. The molecule has 1 aromatic carbocycles. The van der Waals surface area contributed by atoms with Gasteiger partial charge in [-0.3, -0.25) is 14.4 Å². The van der Waals surface area contributed by atoms with E-state index in [9.17, 15) is 14.4 Å². The summed E-state index contributed by atoms with van der Waals surface area (Å²) in [6.07, 6.45) is 1.98. The fraction of sp³-hybridized carbons (Fsp3) is 0.500. The van der Waals surface area contributed by atoms with Crippen molar-refractivity contribution in [2.24, 2.45) is 0 Å². The van der Waals surface area contributed by atoms with Crippen LogP contribution >= 0.6 is 0 Å². The second-order valence-electron chi connectivity index (χ2n) is 5.83. The quantitative estimate of drug-likeness (QED) is 0.565. The van der Waals surface area contributed by atoms with Crippen LogP contribution in [0.3, 0.4) is 0 Å². The minimum absolute atomic E-state index is 0.0945. The molecule has 1 saturated carbocycles. The number of carbonyl (C=O) groups is 3. The lowest BCUT2D eigenvalue weighted by Crippen LogP contribution is -2.42. The molecule has 3 N–H and O–H groups in total. The van der Waals surface area contributed by atoms with E-state index in [0.29, 0.717) is 30.3 Å². The molecule has 0 radical (unpaired) electrons. The van der Waals surface area contributed by atoms with Crippen molar-refractivity contribution in [3.8, 4) is 11.5 Å². The smallest absolute Gasteiger partial charge is 0.251 e. The maximum absolute atomic E-state index is 12.2. The molecule has 1 aromatic rings. The Bertz CT molecular complexity index is 658. The SMILES string of the molecule is CCOc1ccc(C(=O)NCC(=O)NCC(=O)NC2CC2)cc1OCC. The summed E-state index contributed by atoms with van der Waals surface area (Å²) in [5, 5.41) is 7.75. The lowest BCUT2D eigenvalue weighted by Gasteiger charge is -2.12. The van der Waals surface area contributed by atoms with Crippen molar-refractivity contribution in [1.82, 2.24) is 16.0 Å². The van der Waals surface area contributed by atoms with E-state index in [-0.39, 0.29) is 25.0 Å². The minimum atomic E-state index is -0.430. The molecule has 0 saturated heterocycles. The molecule has 26 heavy (non-hydrogen) atoms. The van der Waals surface area contributed by atoms with E-state index in [1.807, 2.05) is 13.8 Å². The van der Waals surface area contributed by atoms with Crippen molar-refractivity contribution in [2.45, 2.75) is 32.7 Å². The molecule has 3 amide bonds. The number of carbonyl (C=O) groups excluding carboxylic acids is 3. The summed E-state index contributed by atoms with van der Waals surface area (Å²) in [6, 6.07) is 5.08. The van der Waals surface area contributed by atoms with Gasteiger partial charge in [-0.1, -0.05) is 0 Å². The fourth-order valence-electron chi connectivity index (χ4n) is 2.20. The number of ether oxygens (including phenoxy) is 2. The van der Waals surface area contributed by atoms with E-state index < -0.39 is 11.8 Å². The molecule has 0 atom stereocenters. The van der Waals surface area contributed by atoms with Gasteiger partial charge in [0.1, 0.15) is 0 Å². The molecule has 1 fully saturated rings. The highest BCUT2D eigenvalue weighted by Crippen LogP contribution is 2.28. The molecule has 0 aromatic heterocycles. The van der Waals surface area contributed by atoms with E-state index in [1.165, 1.54) is 0 Å². The monoisotopic (exact) mass is 363 g/mol. The topological polar surface area (TPSA) is 106 Å². The summed E-state index contributed by atoms with van der Waals surface area (Å²) in [6.45, 7) is 4.32. The first kappa shape index (κ1) is 19.6. The van der Waals surface area contributed by atoms with Crippen molar-refractivity contribution >= 4 is 17.7 Å². The number of nitrogens with one attached hydrogen (secondary N) is 3. The van der Waals surface area contributed by atoms with Crippen molar-refractivity contribution < 1.29 is 23.9 Å². The molecule has 2 rings (SSSR count). The molecule has 0 unspecified atom stereocenters. The Morgan fingerprint density at radius 1 is 0.962 bits per heavy atom. The predicted octanol–water partition coefficient (Wildman–Crippen LogP) is 0.609. The van der Waals surface area contributed by atoms with Crippen LogP contribution in [0.1, 0.15) is 37.0 Å². The van der Waals surface area contributed by atoms with E-state index in [4.69, 9.17) is 9.47 Å². The maximum Gasteiger partial charge on any atom is 0.251 e. The van der Waals surface area contributed by atoms with Crippen LogP contribution in [0.15, 0.2) is 18.2 Å². The van der Waals surface area contributed by atoms with Crippen molar-refractivity contribution in [2.75, 3.05) is 26.3 Å². The van der Waals surface area contributed by atoms with E-state index in [1.54, 1.807) is 18.2 Å². The Balaban J connectivity index is 1.81. The second-order valence-corrected chi connectivity index (χ2v) is 5.83. The summed E-state index contributed by atoms with van der Waals surface area (Å²) in [4.78, 5) is 35.4. The van der Waals surface area contributed by atoms with Gasteiger partial charge in [0.05, 0.1) is 26.3 Å². The Kier molecular flexibility index (Phi) is 7.25. The third-order valence-electron chi connectivity index (χ3n) is 3.60. The first-order valence-corrected chi connectivity index (χ1v) is 8.77. The molecule has 1 aliphatic rings.